The van der Waals surface area contributed by atoms with E-state index in [1.807, 2.05) is 0 Å². The van der Waals surface area contributed by atoms with Gasteiger partial charge in [0, 0.05) is 17.0 Å². The monoisotopic (exact) mass is 254 g/mol. The molecule has 0 aliphatic heterocycles. The first-order chi connectivity index (χ1) is 7.80. The Morgan fingerprint density at radius 1 is 1.35 bits per heavy atom. The number of carbonyl (C=O) groups is 3. The second-order valence-corrected chi connectivity index (χ2v) is 5.46. The van der Waals surface area contributed by atoms with Crippen LogP contribution in [0.1, 0.15) is 27.2 Å². The fraction of sp³-hybridized carbons (Fsp3) is 0.455. The van der Waals surface area contributed by atoms with Gasteiger partial charge >= 0.3 is 0 Å². The Bertz CT molecular complexity index is 432. The molecule has 0 radical (unpaired) electrons. The highest BCUT2D eigenvalue weighted by Gasteiger charge is 2.26. The summed E-state index contributed by atoms with van der Waals surface area (Å²) in [4.78, 5) is 38.3. The summed E-state index contributed by atoms with van der Waals surface area (Å²) in [7, 11) is 0. The maximum atomic E-state index is 11.6. The van der Waals surface area contributed by atoms with Crippen molar-refractivity contribution in [3.8, 4) is 0 Å². The van der Waals surface area contributed by atoms with E-state index in [1.165, 1.54) is 17.5 Å². The van der Waals surface area contributed by atoms with E-state index >= 15 is 0 Å². The van der Waals surface area contributed by atoms with Crippen LogP contribution in [0.5, 0.6) is 0 Å². The highest BCUT2D eigenvalue weighted by atomic mass is 32.1. The van der Waals surface area contributed by atoms with Crippen molar-refractivity contribution in [2.24, 2.45) is 5.41 Å². The van der Waals surface area contributed by atoms with Crippen molar-refractivity contribution >= 4 is 33.9 Å². The quantitative estimate of drug-likeness (QED) is 0.655. The van der Waals surface area contributed by atoms with Gasteiger partial charge in [0.25, 0.3) is 5.91 Å². The Balaban J connectivity index is 2.54. The molecule has 5 nitrogen and oxygen atoms in total. The average molecular weight is 254 g/mol. The molecule has 0 fully saturated rings. The van der Waals surface area contributed by atoms with Crippen molar-refractivity contribution in [1.29, 1.82) is 0 Å². The number of amides is 1. The number of nitrogens with zero attached hydrogens (tertiary/aromatic N) is 1. The predicted molar refractivity (Wildman–Crippen MR) is 64.8 cm³/mol. The fourth-order valence-corrected chi connectivity index (χ4v) is 1.47. The summed E-state index contributed by atoms with van der Waals surface area (Å²) < 4.78 is 0. The van der Waals surface area contributed by atoms with E-state index in [0.717, 1.165) is 0 Å². The van der Waals surface area contributed by atoms with Gasteiger partial charge in [0.2, 0.25) is 5.78 Å². The van der Waals surface area contributed by atoms with Crippen LogP contribution in [0.15, 0.2) is 11.6 Å². The maximum Gasteiger partial charge on any atom is 0.293 e. The minimum Gasteiger partial charge on any atom is -0.299 e. The molecule has 1 N–H and O–H groups in total. The second-order valence-electron chi connectivity index (χ2n) is 4.56. The summed E-state index contributed by atoms with van der Waals surface area (Å²) in [5.41, 5.74) is -0.614. The average Bonchev–Trinajstić information content (AvgIpc) is 2.68. The molecule has 0 spiro atoms. The molecule has 0 aliphatic rings. The first kappa shape index (κ1) is 13.5. The molecule has 1 heterocycles. The van der Waals surface area contributed by atoms with Crippen LogP contribution < -0.4 is 5.32 Å². The van der Waals surface area contributed by atoms with Crippen LogP contribution in [0.3, 0.4) is 0 Å². The molecule has 1 aromatic rings. The highest BCUT2D eigenvalue weighted by Crippen LogP contribution is 2.17. The molecule has 1 aromatic heterocycles. The summed E-state index contributed by atoms with van der Waals surface area (Å²) in [5.74, 6) is -1.78. The lowest BCUT2D eigenvalue weighted by Crippen LogP contribution is -2.29. The van der Waals surface area contributed by atoms with E-state index in [2.05, 4.69) is 10.3 Å². The van der Waals surface area contributed by atoms with Gasteiger partial charge in [-0.25, -0.2) is 4.98 Å². The Morgan fingerprint density at radius 3 is 2.47 bits per heavy atom. The van der Waals surface area contributed by atoms with E-state index in [-0.39, 0.29) is 12.2 Å². The molecule has 1 amide bonds. The Labute approximate surface area is 103 Å². The molecule has 6 heteroatoms. The number of rotatable bonds is 4. The van der Waals surface area contributed by atoms with E-state index in [0.29, 0.717) is 5.13 Å². The first-order valence-corrected chi connectivity index (χ1v) is 5.95. The number of nitrogens with one attached hydrogen (secondary N) is 1. The minimum absolute atomic E-state index is 0.253. The zero-order valence-corrected chi connectivity index (χ0v) is 10.8. The molecule has 0 unspecified atom stereocenters. The van der Waals surface area contributed by atoms with E-state index < -0.39 is 17.1 Å². The summed E-state index contributed by atoms with van der Waals surface area (Å²) in [6.45, 7) is 5.13. The third kappa shape index (κ3) is 4.07. The van der Waals surface area contributed by atoms with Gasteiger partial charge in [0.05, 0.1) is 6.42 Å². The normalized spacial score (nSPS) is 11.0. The largest absolute Gasteiger partial charge is 0.299 e. The van der Waals surface area contributed by atoms with Gasteiger partial charge in [-0.1, -0.05) is 20.8 Å². The maximum absolute atomic E-state index is 11.6. The zero-order chi connectivity index (χ0) is 13.1. The molecule has 17 heavy (non-hydrogen) atoms. The molecule has 0 aromatic carbocycles. The highest BCUT2D eigenvalue weighted by molar-refractivity contribution is 7.13. The van der Waals surface area contributed by atoms with Crippen molar-refractivity contribution in [1.82, 2.24) is 4.98 Å². The van der Waals surface area contributed by atoms with Crippen LogP contribution in [0.4, 0.5) is 5.13 Å². The van der Waals surface area contributed by atoms with Crippen molar-refractivity contribution in [3.05, 3.63) is 11.6 Å². The van der Waals surface area contributed by atoms with E-state index in [4.69, 9.17) is 0 Å². The van der Waals surface area contributed by atoms with Gasteiger partial charge in [-0.2, -0.15) is 0 Å². The summed E-state index contributed by atoms with van der Waals surface area (Å²) in [6, 6.07) is 0. The van der Waals surface area contributed by atoms with Crippen LogP contribution in [-0.4, -0.2) is 22.5 Å². The molecular formula is C11H14N2O3S. The molecule has 0 aliphatic carbocycles. The SMILES string of the molecule is CC(C)(C)C(=O)CC(=O)C(=O)Nc1nccs1. The van der Waals surface area contributed by atoms with Crippen LogP contribution >= 0.6 is 11.3 Å². The number of hydrogen-bond donors (Lipinski definition) is 1. The van der Waals surface area contributed by atoms with E-state index in [1.54, 1.807) is 26.2 Å². The third-order valence-electron chi connectivity index (χ3n) is 2.06. The molecule has 0 atom stereocenters. The number of aromatic nitrogens is 1. The zero-order valence-electron chi connectivity index (χ0n) is 9.94. The van der Waals surface area contributed by atoms with Crippen molar-refractivity contribution < 1.29 is 14.4 Å². The molecular weight excluding hydrogens is 240 g/mol. The minimum atomic E-state index is -0.794. The lowest BCUT2D eigenvalue weighted by atomic mass is 9.88. The van der Waals surface area contributed by atoms with Gasteiger partial charge in [-0.15, -0.1) is 11.3 Å². The summed E-state index contributed by atoms with van der Waals surface area (Å²) in [6.07, 6.45) is 1.14. The van der Waals surface area contributed by atoms with Crippen LogP contribution in [-0.2, 0) is 14.4 Å². The van der Waals surface area contributed by atoms with Crippen molar-refractivity contribution in [3.63, 3.8) is 0 Å². The standard InChI is InChI=1S/C11H14N2O3S/c1-11(2,3)8(15)6-7(14)9(16)13-10-12-4-5-17-10/h4-5H,6H2,1-3H3,(H,12,13,16). The number of carbonyl (C=O) groups excluding carboxylic acids is 3. The lowest BCUT2D eigenvalue weighted by molar-refractivity contribution is -0.139. The van der Waals surface area contributed by atoms with Gasteiger partial charge in [-0.3, -0.25) is 19.7 Å². The van der Waals surface area contributed by atoms with E-state index in [9.17, 15) is 14.4 Å². The topological polar surface area (TPSA) is 76.1 Å². The second kappa shape index (κ2) is 5.18. The lowest BCUT2D eigenvalue weighted by Gasteiger charge is -2.15. The van der Waals surface area contributed by atoms with Gasteiger partial charge in [-0.05, 0) is 0 Å². The number of Topliss-reactive ketones (excluding diaryl/α,β-unsaturated/α-hetero) is 2. The Hall–Kier alpha value is -1.56. The Morgan fingerprint density at radius 2 is 2.00 bits per heavy atom. The molecule has 0 saturated carbocycles. The fourth-order valence-electron chi connectivity index (χ4n) is 0.943. The number of thiazole rings is 1. The number of hydrogen-bond acceptors (Lipinski definition) is 5. The molecule has 92 valence electrons. The van der Waals surface area contributed by atoms with Gasteiger partial charge in [0.1, 0.15) is 5.78 Å². The predicted octanol–water partition coefficient (Wildman–Crippen LogP) is 1.66. The number of ketones is 2. The molecule has 0 saturated heterocycles. The number of anilines is 1. The molecule has 1 rings (SSSR count). The summed E-state index contributed by atoms with van der Waals surface area (Å²) in [5, 5.41) is 4.38. The van der Waals surface area contributed by atoms with Crippen LogP contribution in [0.25, 0.3) is 0 Å². The molecule has 0 bridgehead atoms. The first-order valence-electron chi connectivity index (χ1n) is 5.07. The van der Waals surface area contributed by atoms with Crippen LogP contribution in [0, 0.1) is 5.41 Å². The van der Waals surface area contributed by atoms with Gasteiger partial charge < -0.3 is 0 Å². The van der Waals surface area contributed by atoms with Gasteiger partial charge in [0.15, 0.2) is 5.13 Å². The third-order valence-corrected chi connectivity index (χ3v) is 2.75. The summed E-state index contributed by atoms with van der Waals surface area (Å²) >= 11 is 1.21. The smallest absolute Gasteiger partial charge is 0.293 e. The Kier molecular flexibility index (Phi) is 4.11. The van der Waals surface area contributed by atoms with Crippen molar-refractivity contribution in [2.75, 3.05) is 5.32 Å². The van der Waals surface area contributed by atoms with Crippen molar-refractivity contribution in [2.45, 2.75) is 27.2 Å². The van der Waals surface area contributed by atoms with Crippen LogP contribution in [0.2, 0.25) is 0 Å².